The van der Waals surface area contributed by atoms with Crippen LogP contribution in [0.5, 0.6) is 11.5 Å². The van der Waals surface area contributed by atoms with Crippen molar-refractivity contribution in [1.82, 2.24) is 15.0 Å². The zero-order valence-electron chi connectivity index (χ0n) is 33.8. The fraction of sp³-hybridized carbons (Fsp3) is 0.343. The normalized spacial score (nSPS) is 12.0. The molecule has 0 saturated carbocycles. The molecule has 0 amide bonds. The van der Waals surface area contributed by atoms with E-state index in [9.17, 15) is 31.0 Å². The first-order chi connectivity index (χ1) is 29.5. The maximum atomic E-state index is 12.1. The molecule has 0 atom stereocenters. The molecular weight excluding hydrogens is 1040 g/mol. The Hall–Kier alpha value is -4.06. The molecule has 20 nitrogen and oxygen atoms in total. The lowest BCUT2D eigenvalue weighted by atomic mass is 10.2. The third kappa shape index (κ3) is 12.1. The molecule has 334 valence electrons. The molecule has 5 N–H and O–H groups in total. The van der Waals surface area contributed by atoms with E-state index < -0.39 is 30.0 Å². The second-order valence-corrected chi connectivity index (χ2v) is 21.0. The van der Waals surface area contributed by atoms with E-state index >= 15 is 0 Å². The summed E-state index contributed by atoms with van der Waals surface area (Å²) in [7, 11) is -6.26. The van der Waals surface area contributed by atoms with Crippen molar-refractivity contribution in [2.24, 2.45) is 20.5 Å². The molecule has 0 saturated heterocycles. The van der Waals surface area contributed by atoms with Gasteiger partial charge in [-0.25, -0.2) is 0 Å². The largest absolute Gasteiger partial charge is 0.494 e. The van der Waals surface area contributed by atoms with Crippen LogP contribution in [0.1, 0.15) is 27.7 Å². The SMILES string of the molecule is CCN(CC)c1cc(Nc2nc(Nc3cc(N(CC)CC)c(OC)cc3/N=N/c3sc(Br)cc3S(=O)(=O)O)nc(SCCO)n2)c(/N=N/c2sc(Br)cc2S(=O)(=O)O)cc1OC. The number of hydrogen-bond acceptors (Lipinski definition) is 21. The molecule has 0 aliphatic heterocycles. The van der Waals surface area contributed by atoms with Crippen molar-refractivity contribution < 1.29 is 40.5 Å². The zero-order chi connectivity index (χ0) is 45.4. The first-order valence-corrected chi connectivity index (χ1v) is 25.4. The number of thiophene rings is 2. The number of nitrogens with one attached hydrogen (secondary N) is 2. The number of aliphatic hydroxyl groups is 1. The molecule has 62 heavy (non-hydrogen) atoms. The van der Waals surface area contributed by atoms with E-state index in [0.717, 1.165) is 34.4 Å². The number of aliphatic hydroxyl groups excluding tert-OH is 1. The average molecular weight is 1080 g/mol. The van der Waals surface area contributed by atoms with E-state index in [1.54, 1.807) is 24.3 Å². The molecule has 0 fully saturated rings. The van der Waals surface area contributed by atoms with Gasteiger partial charge in [-0.15, -0.1) is 43.1 Å². The van der Waals surface area contributed by atoms with Gasteiger partial charge >= 0.3 is 0 Å². The molecule has 0 spiro atoms. The standard InChI is InChI=1S/C35H41Br2N11O9S5/c1-7-47(8-2)23-13-19(21(15-25(23)56-5)43-45-31-27(61(50,51)52)17-29(36)59-31)38-33-40-34(42-35(41-33)58-12-11-49)39-20-14-24(48(9-3)10-4)26(57-6)16-22(20)44-46-32-28(62(53,54)55)18-30(37)60-32/h13-18,49H,7-12H2,1-6H3,(H,50,51,52)(H,53,54,55)(H2,38,39,40,41,42)/b45-43+,46-44+. The highest BCUT2D eigenvalue weighted by Gasteiger charge is 2.23. The van der Waals surface area contributed by atoms with Gasteiger partial charge in [0, 0.05) is 44.1 Å². The maximum absolute atomic E-state index is 12.1. The van der Waals surface area contributed by atoms with Crippen LogP contribution in [0, 0.1) is 0 Å². The second kappa shape index (κ2) is 21.5. The van der Waals surface area contributed by atoms with Crippen LogP contribution < -0.4 is 29.9 Å². The van der Waals surface area contributed by atoms with Gasteiger partial charge in [-0.05, 0) is 83.8 Å². The lowest BCUT2D eigenvalue weighted by Crippen LogP contribution is -2.22. The van der Waals surface area contributed by atoms with Gasteiger partial charge in [0.05, 0.1) is 51.1 Å². The Bertz CT molecular complexity index is 2500. The molecule has 5 aromatic rings. The summed E-state index contributed by atoms with van der Waals surface area (Å²) in [6.45, 7) is 10.2. The number of anilines is 6. The Morgan fingerprint density at radius 2 is 1.08 bits per heavy atom. The number of aromatic nitrogens is 3. The van der Waals surface area contributed by atoms with Gasteiger partial charge < -0.3 is 35.0 Å². The fourth-order valence-electron chi connectivity index (χ4n) is 5.72. The van der Waals surface area contributed by atoms with E-state index in [1.807, 2.05) is 37.5 Å². The van der Waals surface area contributed by atoms with Crippen LogP contribution in [0.25, 0.3) is 0 Å². The van der Waals surface area contributed by atoms with Crippen molar-refractivity contribution >= 4 is 143 Å². The van der Waals surface area contributed by atoms with E-state index in [-0.39, 0.29) is 50.8 Å². The van der Waals surface area contributed by atoms with Gasteiger partial charge in [-0.2, -0.15) is 31.8 Å². The van der Waals surface area contributed by atoms with Gasteiger partial charge in [0.25, 0.3) is 20.2 Å². The predicted molar refractivity (Wildman–Crippen MR) is 249 cm³/mol. The van der Waals surface area contributed by atoms with Crippen molar-refractivity contribution in [3.05, 3.63) is 44.0 Å². The van der Waals surface area contributed by atoms with Gasteiger partial charge in [0.15, 0.2) is 15.2 Å². The van der Waals surface area contributed by atoms with Gasteiger partial charge in [0.2, 0.25) is 11.9 Å². The molecule has 2 aromatic carbocycles. The molecule has 0 unspecified atom stereocenters. The number of ether oxygens (including phenoxy) is 2. The summed E-state index contributed by atoms with van der Waals surface area (Å²) >= 11 is 9.54. The number of nitrogens with zero attached hydrogens (tertiary/aromatic N) is 9. The summed E-state index contributed by atoms with van der Waals surface area (Å²) in [6, 6.07) is 9.18. The minimum atomic E-state index is -4.63. The van der Waals surface area contributed by atoms with Gasteiger partial charge in [0.1, 0.15) is 32.7 Å². The number of benzene rings is 2. The molecule has 0 aliphatic rings. The first-order valence-electron chi connectivity index (χ1n) is 18.3. The molecule has 3 aromatic heterocycles. The highest BCUT2D eigenvalue weighted by Crippen LogP contribution is 2.45. The Morgan fingerprint density at radius 1 is 0.677 bits per heavy atom. The third-order valence-corrected chi connectivity index (χ3v) is 14.4. The van der Waals surface area contributed by atoms with Crippen LogP contribution in [0.15, 0.2) is 79.4 Å². The third-order valence-electron chi connectivity index (χ3n) is 8.58. The molecule has 0 radical (unpaired) electrons. The number of rotatable bonds is 21. The summed E-state index contributed by atoms with van der Waals surface area (Å²) in [6.07, 6.45) is 0. The Kier molecular flexibility index (Phi) is 17.0. The number of thioether (sulfide) groups is 1. The van der Waals surface area contributed by atoms with Crippen LogP contribution in [0.2, 0.25) is 0 Å². The molecule has 3 heterocycles. The lowest BCUT2D eigenvalue weighted by molar-refractivity contribution is 0.322. The Balaban J connectivity index is 1.67. The summed E-state index contributed by atoms with van der Waals surface area (Å²) in [5.41, 5.74) is 2.41. The monoisotopic (exact) mass is 1080 g/mol. The van der Waals surface area contributed by atoms with E-state index in [4.69, 9.17) is 9.47 Å². The van der Waals surface area contributed by atoms with Crippen LogP contribution >= 0.6 is 66.3 Å². The number of hydrogen-bond donors (Lipinski definition) is 5. The van der Waals surface area contributed by atoms with Crippen LogP contribution in [0.3, 0.4) is 0 Å². The number of azo groups is 2. The summed E-state index contributed by atoms with van der Waals surface area (Å²) in [5, 5.41) is 33.3. The molecular formula is C35H41Br2N11O9S5. The molecule has 5 rings (SSSR count). The molecule has 27 heteroatoms. The number of methoxy groups -OCH3 is 2. The van der Waals surface area contributed by atoms with Gasteiger partial charge in [-0.1, -0.05) is 11.8 Å². The van der Waals surface area contributed by atoms with Crippen LogP contribution in [0.4, 0.5) is 56.0 Å². The highest BCUT2D eigenvalue weighted by atomic mass is 79.9. The Morgan fingerprint density at radius 3 is 1.42 bits per heavy atom. The lowest BCUT2D eigenvalue weighted by Gasteiger charge is -2.25. The van der Waals surface area contributed by atoms with Crippen molar-refractivity contribution in [2.75, 3.05) is 73.2 Å². The fourth-order valence-corrected chi connectivity index (χ4v) is 11.3. The van der Waals surface area contributed by atoms with E-state index in [0.29, 0.717) is 68.0 Å². The minimum Gasteiger partial charge on any atom is -0.494 e. The second-order valence-electron chi connectivity index (χ2n) is 12.3. The summed E-state index contributed by atoms with van der Waals surface area (Å²) < 4.78 is 80.5. The summed E-state index contributed by atoms with van der Waals surface area (Å²) in [5.74, 6) is 1.17. The quantitative estimate of drug-likeness (QED) is 0.0260. The maximum Gasteiger partial charge on any atom is 0.297 e. The Labute approximate surface area is 387 Å². The van der Waals surface area contributed by atoms with Crippen molar-refractivity contribution in [3.8, 4) is 11.5 Å². The van der Waals surface area contributed by atoms with Crippen molar-refractivity contribution in [1.29, 1.82) is 0 Å². The topological polar surface area (TPSA) is 266 Å². The van der Waals surface area contributed by atoms with Gasteiger partial charge in [-0.3, -0.25) is 9.11 Å². The number of halogens is 2. The predicted octanol–water partition coefficient (Wildman–Crippen LogP) is 10.1. The van der Waals surface area contributed by atoms with E-state index in [2.05, 4.69) is 77.9 Å². The molecule has 0 bridgehead atoms. The van der Waals surface area contributed by atoms with Crippen molar-refractivity contribution in [2.45, 2.75) is 42.6 Å². The van der Waals surface area contributed by atoms with E-state index in [1.165, 1.54) is 26.4 Å². The molecule has 0 aliphatic carbocycles. The average Bonchev–Trinajstić information content (AvgIpc) is 3.82. The summed E-state index contributed by atoms with van der Waals surface area (Å²) in [4.78, 5) is 17.1. The van der Waals surface area contributed by atoms with Crippen LogP contribution in [-0.4, -0.2) is 98.8 Å². The highest BCUT2D eigenvalue weighted by molar-refractivity contribution is 9.11. The minimum absolute atomic E-state index is 0.0226. The van der Waals surface area contributed by atoms with Crippen molar-refractivity contribution in [3.63, 3.8) is 0 Å². The smallest absolute Gasteiger partial charge is 0.297 e. The zero-order valence-corrected chi connectivity index (χ0v) is 41.1. The van der Waals surface area contributed by atoms with Crippen LogP contribution in [-0.2, 0) is 20.2 Å². The first kappa shape index (κ1) is 49.0.